The van der Waals surface area contributed by atoms with Crippen LogP contribution in [0.4, 0.5) is 5.95 Å². The molecule has 0 bridgehead atoms. The summed E-state index contributed by atoms with van der Waals surface area (Å²) in [6, 6.07) is 0. The van der Waals surface area contributed by atoms with Crippen LogP contribution < -0.4 is 10.5 Å². The van der Waals surface area contributed by atoms with Gasteiger partial charge < -0.3 is 15.6 Å². The summed E-state index contributed by atoms with van der Waals surface area (Å²) in [6.45, 7) is 3.85. The van der Waals surface area contributed by atoms with Gasteiger partial charge in [-0.1, -0.05) is 20.3 Å². The van der Waals surface area contributed by atoms with Gasteiger partial charge in [0.25, 0.3) is 0 Å². The Labute approximate surface area is 135 Å². The van der Waals surface area contributed by atoms with Crippen LogP contribution in [0.25, 0.3) is 11.2 Å². The van der Waals surface area contributed by atoms with E-state index in [9.17, 15) is 5.11 Å². The van der Waals surface area contributed by atoms with Crippen molar-refractivity contribution < 1.29 is 9.84 Å². The van der Waals surface area contributed by atoms with Crippen LogP contribution in [0.5, 0.6) is 5.88 Å². The van der Waals surface area contributed by atoms with Crippen LogP contribution >= 0.6 is 0 Å². The lowest BCUT2D eigenvalue weighted by atomic mass is 9.98. The molecule has 7 heteroatoms. The summed E-state index contributed by atoms with van der Waals surface area (Å²) in [6.07, 6.45) is 6.55. The molecule has 0 radical (unpaired) electrons. The number of aliphatic hydroxyl groups excluding tert-OH is 1. The molecule has 1 fully saturated rings. The summed E-state index contributed by atoms with van der Waals surface area (Å²) >= 11 is 0. The highest BCUT2D eigenvalue weighted by atomic mass is 16.5. The first-order valence-corrected chi connectivity index (χ1v) is 8.19. The van der Waals surface area contributed by atoms with Crippen LogP contribution in [0, 0.1) is 5.92 Å². The first-order chi connectivity index (χ1) is 11.0. The third kappa shape index (κ3) is 3.50. The predicted octanol–water partition coefficient (Wildman–Crippen LogP) is 2.40. The Morgan fingerprint density at radius 2 is 1.91 bits per heavy atom. The number of fused-ring (bicyclic) bond motifs is 1. The van der Waals surface area contributed by atoms with E-state index in [1.54, 1.807) is 0 Å². The molecule has 1 aliphatic rings. The van der Waals surface area contributed by atoms with Crippen molar-refractivity contribution in [3.8, 4) is 5.88 Å². The lowest BCUT2D eigenvalue weighted by Crippen LogP contribution is -2.21. The topological polar surface area (TPSA) is 107 Å². The van der Waals surface area contributed by atoms with Crippen LogP contribution in [0.15, 0.2) is 6.20 Å². The molecule has 2 aromatic rings. The maximum absolute atomic E-state index is 10.2. The van der Waals surface area contributed by atoms with Gasteiger partial charge in [0.1, 0.15) is 6.10 Å². The number of nitrogen functional groups attached to an aromatic ring is 1. The van der Waals surface area contributed by atoms with Crippen molar-refractivity contribution in [3.05, 3.63) is 11.9 Å². The third-order valence-corrected chi connectivity index (χ3v) is 4.18. The van der Waals surface area contributed by atoms with Gasteiger partial charge in [0, 0.05) is 0 Å². The van der Waals surface area contributed by atoms with E-state index >= 15 is 0 Å². The van der Waals surface area contributed by atoms with Crippen LogP contribution in [0.2, 0.25) is 0 Å². The minimum atomic E-state index is -0.688. The number of hydrogen-bond donors (Lipinski definition) is 2. The molecule has 23 heavy (non-hydrogen) atoms. The molecule has 1 saturated carbocycles. The Bertz CT molecular complexity index is 685. The molecule has 3 N–H and O–H groups in total. The van der Waals surface area contributed by atoms with Crippen LogP contribution in [0.1, 0.15) is 57.7 Å². The fraction of sp³-hybridized carbons (Fsp3) is 0.625. The fourth-order valence-corrected chi connectivity index (χ4v) is 2.82. The number of anilines is 1. The Morgan fingerprint density at radius 1 is 1.17 bits per heavy atom. The molecule has 1 aliphatic carbocycles. The maximum atomic E-state index is 10.2. The zero-order chi connectivity index (χ0) is 16.4. The van der Waals surface area contributed by atoms with E-state index in [0.29, 0.717) is 22.7 Å². The van der Waals surface area contributed by atoms with E-state index in [1.165, 1.54) is 12.6 Å². The van der Waals surface area contributed by atoms with Gasteiger partial charge in [-0.2, -0.15) is 9.97 Å². The first kappa shape index (κ1) is 15.9. The van der Waals surface area contributed by atoms with Crippen molar-refractivity contribution >= 4 is 17.1 Å². The van der Waals surface area contributed by atoms with Gasteiger partial charge in [0.15, 0.2) is 11.2 Å². The molecule has 3 rings (SSSR count). The summed E-state index contributed by atoms with van der Waals surface area (Å²) in [7, 11) is 0. The molecule has 2 heterocycles. The highest BCUT2D eigenvalue weighted by Crippen LogP contribution is 2.28. The maximum Gasteiger partial charge on any atom is 0.247 e. The van der Waals surface area contributed by atoms with E-state index in [4.69, 9.17) is 10.5 Å². The summed E-state index contributed by atoms with van der Waals surface area (Å²) in [5, 5.41) is 10.2. The van der Waals surface area contributed by atoms with Crippen molar-refractivity contribution in [1.29, 1.82) is 0 Å². The summed E-state index contributed by atoms with van der Waals surface area (Å²) in [4.78, 5) is 17.1. The van der Waals surface area contributed by atoms with Crippen LogP contribution in [0.3, 0.4) is 0 Å². The number of ether oxygens (including phenoxy) is 1. The van der Waals surface area contributed by atoms with Gasteiger partial charge in [0.2, 0.25) is 11.8 Å². The lowest BCUT2D eigenvalue weighted by Gasteiger charge is -2.22. The Kier molecular flexibility index (Phi) is 4.56. The van der Waals surface area contributed by atoms with Crippen molar-refractivity contribution in [2.24, 2.45) is 5.92 Å². The third-order valence-electron chi connectivity index (χ3n) is 4.18. The number of rotatable bonds is 4. The first-order valence-electron chi connectivity index (χ1n) is 8.19. The highest BCUT2D eigenvalue weighted by Gasteiger charge is 2.21. The molecular weight excluding hydrogens is 294 g/mol. The summed E-state index contributed by atoms with van der Waals surface area (Å²) in [5.74, 6) is 0.527. The zero-order valence-corrected chi connectivity index (χ0v) is 13.6. The summed E-state index contributed by atoms with van der Waals surface area (Å²) < 4.78 is 6.03. The smallest absolute Gasteiger partial charge is 0.247 e. The average Bonchev–Trinajstić information content (AvgIpc) is 2.54. The van der Waals surface area contributed by atoms with Gasteiger partial charge in [-0.15, -0.1) is 0 Å². The van der Waals surface area contributed by atoms with Gasteiger partial charge in [-0.05, 0) is 31.6 Å². The fourth-order valence-electron chi connectivity index (χ4n) is 2.82. The Hall–Kier alpha value is -2.02. The van der Waals surface area contributed by atoms with Crippen molar-refractivity contribution in [1.82, 2.24) is 19.9 Å². The van der Waals surface area contributed by atoms with Gasteiger partial charge in [-0.3, -0.25) is 0 Å². The monoisotopic (exact) mass is 317 g/mol. The molecule has 0 amide bonds. The van der Waals surface area contributed by atoms with E-state index in [2.05, 4.69) is 19.9 Å². The number of nitrogens with two attached hydrogens (primary N) is 1. The number of nitrogens with zero attached hydrogens (tertiary/aromatic N) is 4. The molecule has 124 valence electrons. The molecule has 0 saturated heterocycles. The molecule has 0 aromatic carbocycles. The average molecular weight is 317 g/mol. The van der Waals surface area contributed by atoms with Crippen LogP contribution in [-0.2, 0) is 0 Å². The van der Waals surface area contributed by atoms with E-state index in [-0.39, 0.29) is 18.0 Å². The second kappa shape index (κ2) is 6.62. The second-order valence-electron chi connectivity index (χ2n) is 6.42. The van der Waals surface area contributed by atoms with Gasteiger partial charge in [0.05, 0.1) is 18.0 Å². The minimum Gasteiger partial charge on any atom is -0.473 e. The van der Waals surface area contributed by atoms with Crippen molar-refractivity contribution in [2.45, 2.75) is 58.2 Å². The number of hydrogen-bond acceptors (Lipinski definition) is 7. The second-order valence-corrected chi connectivity index (χ2v) is 6.42. The number of aromatic nitrogens is 4. The van der Waals surface area contributed by atoms with E-state index in [0.717, 1.165) is 25.7 Å². The molecule has 0 spiro atoms. The largest absolute Gasteiger partial charge is 0.473 e. The Morgan fingerprint density at radius 3 is 2.61 bits per heavy atom. The Balaban J connectivity index is 1.98. The minimum absolute atomic E-state index is 0.0409. The standard InChI is InChI=1S/C16H23N5O2/c1-9(2)13(22)11-8-18-14-12(19-11)15(21-16(17)20-14)23-10-6-4-3-5-7-10/h8-10,13,22H,3-7H2,1-2H3,(H2,17,18,20,21). The van der Waals surface area contributed by atoms with Crippen LogP contribution in [-0.4, -0.2) is 31.1 Å². The quantitative estimate of drug-likeness (QED) is 0.891. The molecule has 2 aromatic heterocycles. The lowest BCUT2D eigenvalue weighted by molar-refractivity contribution is 0.122. The zero-order valence-electron chi connectivity index (χ0n) is 13.6. The van der Waals surface area contributed by atoms with E-state index < -0.39 is 6.10 Å². The SMILES string of the molecule is CC(C)C(O)c1cnc2nc(N)nc(OC3CCCCC3)c2n1. The molecule has 7 nitrogen and oxygen atoms in total. The molecule has 1 unspecified atom stereocenters. The highest BCUT2D eigenvalue weighted by molar-refractivity contribution is 5.76. The molecule has 0 aliphatic heterocycles. The van der Waals surface area contributed by atoms with Crippen molar-refractivity contribution in [2.75, 3.05) is 5.73 Å². The molecular formula is C16H23N5O2. The van der Waals surface area contributed by atoms with Gasteiger partial charge in [-0.25, -0.2) is 9.97 Å². The number of aliphatic hydroxyl groups is 1. The van der Waals surface area contributed by atoms with E-state index in [1.807, 2.05) is 13.8 Å². The van der Waals surface area contributed by atoms with Crippen molar-refractivity contribution in [3.63, 3.8) is 0 Å². The summed E-state index contributed by atoms with van der Waals surface area (Å²) in [5.41, 5.74) is 7.10. The normalized spacial score (nSPS) is 17.6. The molecule has 1 atom stereocenters. The van der Waals surface area contributed by atoms with Gasteiger partial charge >= 0.3 is 0 Å². The predicted molar refractivity (Wildman–Crippen MR) is 86.8 cm³/mol.